The SMILES string of the molecule is CSNN(SC)c1ccc(Cl)cc1. The van der Waals surface area contributed by atoms with Gasteiger partial charge in [0.05, 0.1) is 5.69 Å². The Morgan fingerprint density at radius 1 is 1.23 bits per heavy atom. The van der Waals surface area contributed by atoms with E-state index in [0.717, 1.165) is 10.7 Å². The highest BCUT2D eigenvalue weighted by Gasteiger charge is 2.02. The first-order valence-corrected chi connectivity index (χ1v) is 6.45. The first kappa shape index (κ1) is 11.0. The Balaban J connectivity index is 2.73. The lowest BCUT2D eigenvalue weighted by molar-refractivity contribution is 1.10. The van der Waals surface area contributed by atoms with Crippen LogP contribution < -0.4 is 9.25 Å². The first-order chi connectivity index (χ1) is 6.27. The van der Waals surface area contributed by atoms with E-state index in [0.29, 0.717) is 0 Å². The van der Waals surface area contributed by atoms with E-state index < -0.39 is 0 Å². The molecule has 0 atom stereocenters. The summed E-state index contributed by atoms with van der Waals surface area (Å²) in [4.78, 5) is 3.14. The lowest BCUT2D eigenvalue weighted by Gasteiger charge is -2.20. The van der Waals surface area contributed by atoms with Crippen molar-refractivity contribution in [3.05, 3.63) is 29.3 Å². The van der Waals surface area contributed by atoms with Gasteiger partial charge < -0.3 is 0 Å². The molecule has 72 valence electrons. The van der Waals surface area contributed by atoms with Crippen LogP contribution in [0.5, 0.6) is 0 Å². The topological polar surface area (TPSA) is 15.3 Å². The monoisotopic (exact) mass is 234 g/mol. The number of hydrogen-bond donors (Lipinski definition) is 1. The fraction of sp³-hybridized carbons (Fsp3) is 0.250. The van der Waals surface area contributed by atoms with Crippen molar-refractivity contribution in [1.82, 2.24) is 4.83 Å². The van der Waals surface area contributed by atoms with Gasteiger partial charge in [-0.3, -0.25) is 0 Å². The second kappa shape index (κ2) is 5.65. The molecule has 1 rings (SSSR count). The van der Waals surface area contributed by atoms with Crippen molar-refractivity contribution in [2.24, 2.45) is 0 Å². The molecule has 2 nitrogen and oxygen atoms in total. The summed E-state index contributed by atoms with van der Waals surface area (Å²) in [5.41, 5.74) is 1.09. The maximum absolute atomic E-state index is 5.79. The van der Waals surface area contributed by atoms with Crippen molar-refractivity contribution in [3.8, 4) is 0 Å². The summed E-state index contributed by atoms with van der Waals surface area (Å²) in [6.45, 7) is 0. The number of hydrogen-bond acceptors (Lipinski definition) is 4. The quantitative estimate of drug-likeness (QED) is 0.636. The van der Waals surface area contributed by atoms with E-state index in [-0.39, 0.29) is 0 Å². The Bertz CT molecular complexity index is 253. The fourth-order valence-corrected chi connectivity index (χ4v) is 2.11. The van der Waals surface area contributed by atoms with Gasteiger partial charge in [-0.05, 0) is 42.5 Å². The zero-order valence-electron chi connectivity index (χ0n) is 7.45. The molecule has 0 aliphatic carbocycles. The minimum Gasteiger partial charge on any atom is -0.241 e. The number of halogens is 1. The van der Waals surface area contributed by atoms with Gasteiger partial charge >= 0.3 is 0 Å². The number of anilines is 1. The van der Waals surface area contributed by atoms with Crippen molar-refractivity contribution in [1.29, 1.82) is 0 Å². The third-order valence-electron chi connectivity index (χ3n) is 1.42. The van der Waals surface area contributed by atoms with Gasteiger partial charge in [0.1, 0.15) is 0 Å². The van der Waals surface area contributed by atoms with Gasteiger partial charge in [-0.15, -0.1) is 0 Å². The Morgan fingerprint density at radius 2 is 1.85 bits per heavy atom. The van der Waals surface area contributed by atoms with Crippen LogP contribution in [-0.2, 0) is 0 Å². The Hall–Kier alpha value is -0.0300. The highest BCUT2D eigenvalue weighted by atomic mass is 35.5. The van der Waals surface area contributed by atoms with E-state index in [1.807, 2.05) is 41.2 Å². The second-order valence-corrected chi connectivity index (χ2v) is 4.01. The molecule has 0 amide bonds. The summed E-state index contributed by atoms with van der Waals surface area (Å²) in [6.07, 6.45) is 4.00. The van der Waals surface area contributed by atoms with Crippen molar-refractivity contribution >= 4 is 41.2 Å². The molecule has 0 heterocycles. The van der Waals surface area contributed by atoms with Crippen LogP contribution in [0.2, 0.25) is 5.02 Å². The Kier molecular flexibility index (Phi) is 4.80. The summed E-state index contributed by atoms with van der Waals surface area (Å²) < 4.78 is 1.97. The number of hydrazine groups is 1. The van der Waals surface area contributed by atoms with E-state index in [2.05, 4.69) is 4.83 Å². The van der Waals surface area contributed by atoms with Gasteiger partial charge in [0, 0.05) is 11.3 Å². The minimum atomic E-state index is 0.758. The van der Waals surface area contributed by atoms with Crippen molar-refractivity contribution < 1.29 is 0 Å². The molecule has 0 bridgehead atoms. The number of nitrogens with one attached hydrogen (secondary N) is 1. The molecule has 0 aromatic heterocycles. The van der Waals surface area contributed by atoms with Crippen molar-refractivity contribution in [2.45, 2.75) is 0 Å². The molecule has 1 aromatic carbocycles. The van der Waals surface area contributed by atoms with Crippen LogP contribution in [0.3, 0.4) is 0 Å². The predicted molar refractivity (Wildman–Crippen MR) is 64.1 cm³/mol. The Morgan fingerprint density at radius 3 is 2.31 bits per heavy atom. The zero-order valence-corrected chi connectivity index (χ0v) is 9.84. The Labute approximate surface area is 92.3 Å². The lowest BCUT2D eigenvalue weighted by Crippen LogP contribution is -2.24. The lowest BCUT2D eigenvalue weighted by atomic mass is 10.3. The summed E-state index contributed by atoms with van der Waals surface area (Å²) in [6, 6.07) is 7.70. The van der Waals surface area contributed by atoms with Crippen LogP contribution in [0.15, 0.2) is 24.3 Å². The van der Waals surface area contributed by atoms with Crippen molar-refractivity contribution in [2.75, 3.05) is 16.9 Å². The highest BCUT2D eigenvalue weighted by molar-refractivity contribution is 8.02. The second-order valence-electron chi connectivity index (χ2n) is 2.25. The van der Waals surface area contributed by atoms with Gasteiger partial charge in [0.25, 0.3) is 0 Å². The molecule has 0 saturated carbocycles. The van der Waals surface area contributed by atoms with Gasteiger partial charge in [0.15, 0.2) is 0 Å². The molecule has 0 radical (unpaired) electrons. The molecule has 5 heteroatoms. The van der Waals surface area contributed by atoms with E-state index in [1.165, 1.54) is 0 Å². The number of rotatable bonds is 4. The van der Waals surface area contributed by atoms with Gasteiger partial charge in [-0.2, -0.15) is 4.83 Å². The molecule has 0 unspecified atom stereocenters. The number of nitrogens with zero attached hydrogens (tertiary/aromatic N) is 1. The minimum absolute atomic E-state index is 0.758. The van der Waals surface area contributed by atoms with Gasteiger partial charge in [-0.1, -0.05) is 23.5 Å². The summed E-state index contributed by atoms with van der Waals surface area (Å²) in [7, 11) is 0. The van der Waals surface area contributed by atoms with Crippen LogP contribution in [0.4, 0.5) is 5.69 Å². The zero-order chi connectivity index (χ0) is 9.68. The molecule has 0 spiro atoms. The van der Waals surface area contributed by atoms with Crippen LogP contribution in [-0.4, -0.2) is 12.5 Å². The molecule has 0 fully saturated rings. The van der Waals surface area contributed by atoms with Gasteiger partial charge in [-0.25, -0.2) is 4.41 Å². The molecule has 1 aromatic rings. The maximum atomic E-state index is 5.79. The summed E-state index contributed by atoms with van der Waals surface area (Å²) >= 11 is 8.95. The van der Waals surface area contributed by atoms with E-state index in [4.69, 9.17) is 11.6 Å². The van der Waals surface area contributed by atoms with Crippen LogP contribution in [0.1, 0.15) is 0 Å². The molecule has 13 heavy (non-hydrogen) atoms. The average Bonchev–Trinajstić information content (AvgIpc) is 2.16. The molecule has 0 saturated heterocycles. The van der Waals surface area contributed by atoms with Crippen LogP contribution in [0, 0.1) is 0 Å². The van der Waals surface area contributed by atoms with E-state index >= 15 is 0 Å². The van der Waals surface area contributed by atoms with Crippen molar-refractivity contribution in [3.63, 3.8) is 0 Å². The molecule has 0 aliphatic rings. The smallest absolute Gasteiger partial charge is 0.0657 e. The molecule has 0 aliphatic heterocycles. The molecular formula is C8H11ClN2S2. The largest absolute Gasteiger partial charge is 0.241 e. The normalized spacial score (nSPS) is 10.1. The maximum Gasteiger partial charge on any atom is 0.0657 e. The summed E-state index contributed by atoms with van der Waals surface area (Å²) in [5.74, 6) is 0. The predicted octanol–water partition coefficient (Wildman–Crippen LogP) is 3.21. The first-order valence-electron chi connectivity index (χ1n) is 3.66. The average molecular weight is 235 g/mol. The number of benzene rings is 1. The standard InChI is InChI=1S/C8H11ClN2S2/c1-12-10-11(13-2)8-5-3-7(9)4-6-8/h3-6,10H,1-2H3. The third-order valence-corrected chi connectivity index (χ3v) is 2.82. The molecule has 1 N–H and O–H groups in total. The highest BCUT2D eigenvalue weighted by Crippen LogP contribution is 2.21. The van der Waals surface area contributed by atoms with E-state index in [1.54, 1.807) is 23.9 Å². The third kappa shape index (κ3) is 3.31. The molecular weight excluding hydrogens is 224 g/mol. The van der Waals surface area contributed by atoms with Crippen LogP contribution in [0.25, 0.3) is 0 Å². The summed E-state index contributed by atoms with van der Waals surface area (Å²) in [5, 5.41) is 0.758. The fourth-order valence-electron chi connectivity index (χ4n) is 0.855. The van der Waals surface area contributed by atoms with Crippen LogP contribution >= 0.6 is 35.5 Å². The van der Waals surface area contributed by atoms with Gasteiger partial charge in [0.2, 0.25) is 0 Å². The van der Waals surface area contributed by atoms with E-state index in [9.17, 15) is 0 Å².